The summed E-state index contributed by atoms with van der Waals surface area (Å²) in [6.45, 7) is 1.43. The van der Waals surface area contributed by atoms with Gasteiger partial charge in [0.25, 0.3) is 0 Å². The van der Waals surface area contributed by atoms with Crippen LogP contribution in [0.1, 0.15) is 0 Å². The van der Waals surface area contributed by atoms with Crippen molar-refractivity contribution in [1.82, 2.24) is 0 Å². The number of ether oxygens (including phenoxy) is 4. The summed E-state index contributed by atoms with van der Waals surface area (Å²) in [4.78, 5) is 0. The molecule has 6 heteroatoms. The van der Waals surface area contributed by atoms with E-state index in [1.54, 1.807) is 0 Å². The Morgan fingerprint density at radius 2 is 0.833 bits per heavy atom. The lowest BCUT2D eigenvalue weighted by Crippen LogP contribution is -2.11. The van der Waals surface area contributed by atoms with E-state index in [1.165, 1.54) is 0 Å². The molecule has 0 spiro atoms. The standard InChI is InChI=1S/C30H24Cl2O4/c31-25-15-7-13-23-27(25)30(36-20-18-34-22-11-5-2-6-12-22)28-24(14-8-16-26(28)32)29(23)35-19-17-33-21-9-3-1-4-10-21/h1-16H,17-20H2. The summed E-state index contributed by atoms with van der Waals surface area (Å²) in [6, 6.07) is 30.7. The number of rotatable bonds is 10. The summed E-state index contributed by atoms with van der Waals surface area (Å²) in [5, 5.41) is 4.29. The normalized spacial score (nSPS) is 10.9. The van der Waals surface area contributed by atoms with Gasteiger partial charge in [-0.2, -0.15) is 0 Å². The topological polar surface area (TPSA) is 36.9 Å². The predicted octanol–water partition coefficient (Wildman–Crippen LogP) is 8.22. The summed E-state index contributed by atoms with van der Waals surface area (Å²) >= 11 is 13.4. The smallest absolute Gasteiger partial charge is 0.138 e. The van der Waals surface area contributed by atoms with Gasteiger partial charge in [0.05, 0.1) is 10.0 Å². The van der Waals surface area contributed by atoms with Crippen molar-refractivity contribution in [2.45, 2.75) is 0 Å². The Kier molecular flexibility index (Phi) is 7.65. The first-order valence-corrected chi connectivity index (χ1v) is 12.4. The third kappa shape index (κ3) is 5.30. The SMILES string of the molecule is Clc1cccc2c(OCCOc3ccccc3)c3cccc(Cl)c3c(OCCOc3ccccc3)c12. The largest absolute Gasteiger partial charge is 0.490 e. The molecule has 0 atom stereocenters. The first-order valence-electron chi connectivity index (χ1n) is 11.7. The van der Waals surface area contributed by atoms with E-state index >= 15 is 0 Å². The summed E-state index contributed by atoms with van der Waals surface area (Å²) in [5.41, 5.74) is 0. The fourth-order valence-corrected chi connectivity index (χ4v) is 4.62. The van der Waals surface area contributed by atoms with Gasteiger partial charge in [0.2, 0.25) is 0 Å². The number of benzene rings is 5. The first-order chi connectivity index (χ1) is 17.7. The molecule has 0 bridgehead atoms. The highest BCUT2D eigenvalue weighted by Crippen LogP contribution is 2.47. The van der Waals surface area contributed by atoms with E-state index in [9.17, 15) is 0 Å². The highest BCUT2D eigenvalue weighted by atomic mass is 35.5. The molecule has 0 saturated carbocycles. The van der Waals surface area contributed by atoms with Crippen molar-refractivity contribution in [3.8, 4) is 23.0 Å². The number of hydrogen-bond acceptors (Lipinski definition) is 4. The van der Waals surface area contributed by atoms with Gasteiger partial charge in [-0.15, -0.1) is 0 Å². The number of hydrogen-bond donors (Lipinski definition) is 0. The van der Waals surface area contributed by atoms with Crippen molar-refractivity contribution in [3.63, 3.8) is 0 Å². The maximum Gasteiger partial charge on any atom is 0.138 e. The molecule has 5 aromatic rings. The van der Waals surface area contributed by atoms with E-state index in [2.05, 4.69) is 0 Å². The van der Waals surface area contributed by atoms with Crippen molar-refractivity contribution in [3.05, 3.63) is 107 Å². The van der Waals surface area contributed by atoms with Crippen LogP contribution in [0, 0.1) is 0 Å². The summed E-state index contributed by atoms with van der Waals surface area (Å²) in [7, 11) is 0. The molecule has 0 aromatic heterocycles. The van der Waals surface area contributed by atoms with Gasteiger partial charge in [-0.3, -0.25) is 0 Å². The molecule has 4 nitrogen and oxygen atoms in total. The van der Waals surface area contributed by atoms with Gasteiger partial charge < -0.3 is 18.9 Å². The van der Waals surface area contributed by atoms with Crippen molar-refractivity contribution in [2.75, 3.05) is 26.4 Å². The second-order valence-corrected chi connectivity index (χ2v) is 8.82. The maximum absolute atomic E-state index is 6.70. The van der Waals surface area contributed by atoms with Gasteiger partial charge in [-0.05, 0) is 36.4 Å². The Balaban J connectivity index is 1.44. The van der Waals surface area contributed by atoms with Crippen LogP contribution in [0.15, 0.2) is 97.1 Å². The van der Waals surface area contributed by atoms with Crippen LogP contribution in [0.5, 0.6) is 23.0 Å². The van der Waals surface area contributed by atoms with E-state index in [4.69, 9.17) is 42.1 Å². The lowest BCUT2D eigenvalue weighted by molar-refractivity contribution is 0.218. The zero-order valence-electron chi connectivity index (χ0n) is 19.5. The minimum absolute atomic E-state index is 0.320. The Morgan fingerprint density at radius 3 is 1.31 bits per heavy atom. The summed E-state index contributed by atoms with van der Waals surface area (Å²) in [6.07, 6.45) is 0. The highest BCUT2D eigenvalue weighted by Gasteiger charge is 2.20. The van der Waals surface area contributed by atoms with E-state index < -0.39 is 0 Å². The van der Waals surface area contributed by atoms with Gasteiger partial charge in [-0.1, -0.05) is 83.9 Å². The van der Waals surface area contributed by atoms with Crippen molar-refractivity contribution >= 4 is 44.7 Å². The molecular formula is C30H24Cl2O4. The molecule has 5 aromatic carbocycles. The molecule has 0 amide bonds. The minimum atomic E-state index is 0.320. The monoisotopic (exact) mass is 518 g/mol. The Hall–Kier alpha value is -3.60. The van der Waals surface area contributed by atoms with E-state index in [1.807, 2.05) is 97.1 Å². The fraction of sp³-hybridized carbons (Fsp3) is 0.133. The van der Waals surface area contributed by atoms with E-state index in [0.717, 1.165) is 33.0 Å². The molecule has 0 radical (unpaired) electrons. The third-order valence-corrected chi connectivity index (χ3v) is 6.28. The van der Waals surface area contributed by atoms with Crippen molar-refractivity contribution in [2.24, 2.45) is 0 Å². The van der Waals surface area contributed by atoms with Crippen LogP contribution in [0.25, 0.3) is 21.5 Å². The summed E-state index contributed by atoms with van der Waals surface area (Å²) in [5.74, 6) is 2.88. The molecule has 0 aliphatic rings. The van der Waals surface area contributed by atoms with Crippen molar-refractivity contribution in [1.29, 1.82) is 0 Å². The second kappa shape index (κ2) is 11.4. The average molecular weight is 519 g/mol. The molecule has 0 aliphatic carbocycles. The van der Waals surface area contributed by atoms with Crippen LogP contribution in [-0.2, 0) is 0 Å². The highest BCUT2D eigenvalue weighted by molar-refractivity contribution is 6.40. The number of halogens is 2. The van der Waals surface area contributed by atoms with Crippen LogP contribution in [0.2, 0.25) is 10.0 Å². The van der Waals surface area contributed by atoms with Gasteiger partial charge in [0.15, 0.2) is 0 Å². The van der Waals surface area contributed by atoms with Crippen LogP contribution < -0.4 is 18.9 Å². The zero-order valence-corrected chi connectivity index (χ0v) is 21.0. The molecule has 36 heavy (non-hydrogen) atoms. The lowest BCUT2D eigenvalue weighted by atomic mass is 10.0. The maximum atomic E-state index is 6.70. The molecule has 0 unspecified atom stereocenters. The molecule has 0 fully saturated rings. The molecule has 0 N–H and O–H groups in total. The predicted molar refractivity (Wildman–Crippen MR) is 146 cm³/mol. The number of fused-ring (bicyclic) bond motifs is 2. The van der Waals surface area contributed by atoms with E-state index in [0.29, 0.717) is 48.0 Å². The second-order valence-electron chi connectivity index (χ2n) is 8.00. The molecule has 182 valence electrons. The molecule has 0 aliphatic heterocycles. The Morgan fingerprint density at radius 1 is 0.417 bits per heavy atom. The van der Waals surface area contributed by atoms with Crippen LogP contribution >= 0.6 is 23.2 Å². The zero-order chi connectivity index (χ0) is 24.7. The summed E-state index contributed by atoms with van der Waals surface area (Å²) < 4.78 is 24.2. The molecule has 0 heterocycles. The Labute approximate surface area is 219 Å². The van der Waals surface area contributed by atoms with Crippen LogP contribution in [0.3, 0.4) is 0 Å². The van der Waals surface area contributed by atoms with Gasteiger partial charge in [0, 0.05) is 21.5 Å². The molecule has 0 saturated heterocycles. The lowest BCUT2D eigenvalue weighted by Gasteiger charge is -2.19. The Bertz CT molecular complexity index is 1390. The van der Waals surface area contributed by atoms with E-state index in [-0.39, 0.29) is 0 Å². The van der Waals surface area contributed by atoms with Crippen LogP contribution in [0.4, 0.5) is 0 Å². The van der Waals surface area contributed by atoms with Gasteiger partial charge in [-0.25, -0.2) is 0 Å². The quantitative estimate of drug-likeness (QED) is 0.138. The third-order valence-electron chi connectivity index (χ3n) is 5.65. The first kappa shape index (κ1) is 24.1. The van der Waals surface area contributed by atoms with Gasteiger partial charge in [0.1, 0.15) is 49.4 Å². The minimum Gasteiger partial charge on any atom is -0.490 e. The average Bonchev–Trinajstić information content (AvgIpc) is 2.91. The fourth-order valence-electron chi connectivity index (χ4n) is 4.10. The van der Waals surface area contributed by atoms with Gasteiger partial charge >= 0.3 is 0 Å². The number of para-hydroxylation sites is 2. The van der Waals surface area contributed by atoms with Crippen LogP contribution in [-0.4, -0.2) is 26.4 Å². The molecular weight excluding hydrogens is 495 g/mol. The molecule has 5 rings (SSSR count). The van der Waals surface area contributed by atoms with Crippen molar-refractivity contribution < 1.29 is 18.9 Å².